The van der Waals surface area contributed by atoms with Crippen LogP contribution in [0.3, 0.4) is 0 Å². The Labute approximate surface area is 164 Å². The summed E-state index contributed by atoms with van der Waals surface area (Å²) in [7, 11) is 0. The van der Waals surface area contributed by atoms with Crippen LogP contribution in [0.1, 0.15) is 26.4 Å². The maximum Gasteiger partial charge on any atom is 0.343 e. The second-order valence-electron chi connectivity index (χ2n) is 5.62. The molecular formula is C19H13Cl2FN2O3. The summed E-state index contributed by atoms with van der Waals surface area (Å²) in [4.78, 5) is 24.6. The van der Waals surface area contributed by atoms with Gasteiger partial charge in [0.05, 0.1) is 16.4 Å². The van der Waals surface area contributed by atoms with Crippen molar-refractivity contribution in [2.45, 2.75) is 6.92 Å². The topological polar surface area (TPSA) is 61.2 Å². The molecule has 0 radical (unpaired) electrons. The van der Waals surface area contributed by atoms with Gasteiger partial charge in [0.1, 0.15) is 16.5 Å². The van der Waals surface area contributed by atoms with Gasteiger partial charge in [-0.05, 0) is 43.3 Å². The van der Waals surface area contributed by atoms with Crippen LogP contribution in [0.15, 0.2) is 48.5 Å². The average molecular weight is 407 g/mol. The van der Waals surface area contributed by atoms with Crippen molar-refractivity contribution < 1.29 is 18.7 Å². The quantitative estimate of drug-likeness (QED) is 0.456. The van der Waals surface area contributed by atoms with Gasteiger partial charge in [-0.1, -0.05) is 35.3 Å². The molecule has 138 valence electrons. The number of carbonyl (C=O) groups excluding carboxylic acids is 2. The van der Waals surface area contributed by atoms with Gasteiger partial charge in [0.25, 0.3) is 0 Å². The summed E-state index contributed by atoms with van der Waals surface area (Å²) >= 11 is 12.2. The molecule has 0 saturated heterocycles. The molecule has 0 spiro atoms. The number of aryl methyl sites for hydroxylation is 1. The van der Waals surface area contributed by atoms with Gasteiger partial charge in [0, 0.05) is 5.56 Å². The zero-order chi connectivity index (χ0) is 19.6. The Balaban J connectivity index is 1.78. The first-order valence-electron chi connectivity index (χ1n) is 7.84. The van der Waals surface area contributed by atoms with E-state index in [1.54, 1.807) is 31.2 Å². The monoisotopic (exact) mass is 406 g/mol. The number of ether oxygens (including phenoxy) is 1. The van der Waals surface area contributed by atoms with E-state index in [0.717, 1.165) is 0 Å². The fourth-order valence-corrected chi connectivity index (χ4v) is 3.04. The molecule has 0 amide bonds. The first kappa shape index (κ1) is 19.1. The van der Waals surface area contributed by atoms with Gasteiger partial charge in [-0.15, -0.1) is 0 Å². The van der Waals surface area contributed by atoms with Crippen LogP contribution in [0, 0.1) is 12.7 Å². The highest BCUT2D eigenvalue weighted by atomic mass is 35.5. The lowest BCUT2D eigenvalue weighted by Crippen LogP contribution is -2.15. The number of hydrogen-bond acceptors (Lipinski definition) is 4. The van der Waals surface area contributed by atoms with Crippen LogP contribution in [-0.4, -0.2) is 28.1 Å². The van der Waals surface area contributed by atoms with Crippen LogP contribution in [-0.2, 0) is 4.74 Å². The number of nitrogens with zero attached hydrogens (tertiary/aromatic N) is 2. The number of hydrogen-bond donors (Lipinski definition) is 0. The van der Waals surface area contributed by atoms with Crippen molar-refractivity contribution in [1.29, 1.82) is 0 Å². The fourth-order valence-electron chi connectivity index (χ4n) is 2.45. The average Bonchev–Trinajstić information content (AvgIpc) is 2.95. The van der Waals surface area contributed by atoms with E-state index in [4.69, 9.17) is 27.9 Å². The Morgan fingerprint density at radius 2 is 1.78 bits per heavy atom. The number of halogens is 3. The number of rotatable bonds is 5. The van der Waals surface area contributed by atoms with E-state index in [1.165, 1.54) is 28.9 Å². The highest BCUT2D eigenvalue weighted by molar-refractivity contribution is 6.34. The van der Waals surface area contributed by atoms with Crippen molar-refractivity contribution >= 4 is 35.0 Å². The molecule has 0 unspecified atom stereocenters. The fraction of sp³-hybridized carbons (Fsp3) is 0.105. The van der Waals surface area contributed by atoms with Crippen LogP contribution in [0.2, 0.25) is 10.2 Å². The Hall–Kier alpha value is -2.70. The highest BCUT2D eigenvalue weighted by Gasteiger charge is 2.23. The summed E-state index contributed by atoms with van der Waals surface area (Å²) in [5.74, 6) is -1.63. The molecule has 1 aromatic heterocycles. The molecule has 5 nitrogen and oxygen atoms in total. The van der Waals surface area contributed by atoms with Crippen molar-refractivity contribution in [1.82, 2.24) is 9.78 Å². The number of ketones is 1. The summed E-state index contributed by atoms with van der Waals surface area (Å²) in [6.45, 7) is 1.10. The number of esters is 1. The van der Waals surface area contributed by atoms with Crippen molar-refractivity contribution in [2.75, 3.05) is 6.61 Å². The van der Waals surface area contributed by atoms with E-state index in [9.17, 15) is 14.0 Å². The summed E-state index contributed by atoms with van der Waals surface area (Å²) < 4.78 is 19.5. The Kier molecular flexibility index (Phi) is 5.58. The lowest BCUT2D eigenvalue weighted by molar-refractivity contribution is 0.0474. The second kappa shape index (κ2) is 7.90. The summed E-state index contributed by atoms with van der Waals surface area (Å²) in [6, 6.07) is 11.9. The minimum atomic E-state index is -0.786. The minimum absolute atomic E-state index is 0.00861. The third-order valence-corrected chi connectivity index (χ3v) is 4.47. The third-order valence-electron chi connectivity index (χ3n) is 3.79. The lowest BCUT2D eigenvalue weighted by atomic mass is 10.1. The molecular weight excluding hydrogens is 394 g/mol. The molecule has 0 aliphatic rings. The van der Waals surface area contributed by atoms with E-state index in [0.29, 0.717) is 11.4 Å². The number of carbonyl (C=O) groups is 2. The molecule has 3 aromatic rings. The van der Waals surface area contributed by atoms with Crippen LogP contribution in [0.4, 0.5) is 4.39 Å². The van der Waals surface area contributed by atoms with Gasteiger partial charge in [-0.2, -0.15) is 5.10 Å². The number of aromatic nitrogens is 2. The Morgan fingerprint density at radius 3 is 2.44 bits per heavy atom. The molecule has 0 saturated carbocycles. The molecule has 2 aromatic carbocycles. The maximum atomic E-state index is 13.1. The Bertz CT molecular complexity index is 1020. The van der Waals surface area contributed by atoms with Crippen molar-refractivity contribution in [3.63, 3.8) is 0 Å². The number of Topliss-reactive ketones (excluding diaryl/α,β-unsaturated/α-hetero) is 1. The molecule has 0 atom stereocenters. The molecule has 0 aliphatic heterocycles. The molecule has 0 fully saturated rings. The van der Waals surface area contributed by atoms with Crippen LogP contribution in [0.5, 0.6) is 0 Å². The normalized spacial score (nSPS) is 10.7. The molecule has 0 bridgehead atoms. The van der Waals surface area contributed by atoms with Crippen molar-refractivity contribution in [3.8, 4) is 5.69 Å². The highest BCUT2D eigenvalue weighted by Crippen LogP contribution is 2.25. The van der Waals surface area contributed by atoms with E-state index < -0.39 is 24.2 Å². The number of benzene rings is 2. The van der Waals surface area contributed by atoms with Gasteiger partial charge in [-0.25, -0.2) is 13.9 Å². The SMILES string of the molecule is Cc1nn(-c2ccc(F)cc2)c(Cl)c1C(=O)OCC(=O)c1ccccc1Cl. The second-order valence-corrected chi connectivity index (χ2v) is 6.38. The predicted molar refractivity (Wildman–Crippen MR) is 99.3 cm³/mol. The van der Waals surface area contributed by atoms with Crippen LogP contribution < -0.4 is 0 Å². The Morgan fingerprint density at radius 1 is 1.11 bits per heavy atom. The summed E-state index contributed by atoms with van der Waals surface area (Å²) in [5, 5.41) is 4.47. The minimum Gasteiger partial charge on any atom is -0.454 e. The molecule has 0 N–H and O–H groups in total. The van der Waals surface area contributed by atoms with Gasteiger partial charge >= 0.3 is 5.97 Å². The maximum absolute atomic E-state index is 13.1. The molecule has 1 heterocycles. The first-order valence-corrected chi connectivity index (χ1v) is 8.60. The molecule has 3 rings (SSSR count). The van der Waals surface area contributed by atoms with Gasteiger partial charge in [-0.3, -0.25) is 4.79 Å². The van der Waals surface area contributed by atoms with E-state index in [1.807, 2.05) is 0 Å². The van der Waals surface area contributed by atoms with Crippen molar-refractivity contribution in [2.24, 2.45) is 0 Å². The largest absolute Gasteiger partial charge is 0.454 e. The lowest BCUT2D eigenvalue weighted by Gasteiger charge is -2.06. The van der Waals surface area contributed by atoms with E-state index >= 15 is 0 Å². The van der Waals surface area contributed by atoms with Gasteiger partial charge in [0.15, 0.2) is 6.61 Å². The van der Waals surface area contributed by atoms with Gasteiger partial charge in [0.2, 0.25) is 5.78 Å². The summed E-state index contributed by atoms with van der Waals surface area (Å²) in [5.41, 5.74) is 1.10. The predicted octanol–water partition coefficient (Wildman–Crippen LogP) is 4.67. The van der Waals surface area contributed by atoms with Crippen LogP contribution >= 0.6 is 23.2 Å². The van der Waals surface area contributed by atoms with E-state index in [-0.39, 0.29) is 21.3 Å². The molecule has 0 aliphatic carbocycles. The zero-order valence-electron chi connectivity index (χ0n) is 14.1. The smallest absolute Gasteiger partial charge is 0.343 e. The summed E-state index contributed by atoms with van der Waals surface area (Å²) in [6.07, 6.45) is 0. The van der Waals surface area contributed by atoms with Crippen molar-refractivity contribution in [3.05, 3.63) is 81.3 Å². The standard InChI is InChI=1S/C19H13Cl2FN2O3/c1-11-17(18(21)24(23-11)13-8-6-12(22)7-9-13)19(26)27-10-16(25)14-4-2-3-5-15(14)20/h2-9H,10H2,1H3. The van der Waals surface area contributed by atoms with E-state index in [2.05, 4.69) is 5.10 Å². The molecule has 27 heavy (non-hydrogen) atoms. The zero-order valence-corrected chi connectivity index (χ0v) is 15.6. The molecule has 8 heteroatoms. The first-order chi connectivity index (χ1) is 12.9. The third kappa shape index (κ3) is 4.02. The van der Waals surface area contributed by atoms with Crippen LogP contribution in [0.25, 0.3) is 5.69 Å². The van der Waals surface area contributed by atoms with Gasteiger partial charge < -0.3 is 4.74 Å².